The zero-order chi connectivity index (χ0) is 22.2. The van der Waals surface area contributed by atoms with Crippen LogP contribution in [0.3, 0.4) is 0 Å². The fraction of sp³-hybridized carbons (Fsp3) is 0.591. The highest BCUT2D eigenvalue weighted by molar-refractivity contribution is 5.83. The number of rotatable bonds is 7. The summed E-state index contributed by atoms with van der Waals surface area (Å²) in [5.41, 5.74) is -0.112. The zero-order valence-corrected chi connectivity index (χ0v) is 18.5. The van der Waals surface area contributed by atoms with E-state index in [0.29, 0.717) is 6.42 Å². The lowest BCUT2D eigenvalue weighted by molar-refractivity contribution is -0.163. The van der Waals surface area contributed by atoms with Crippen molar-refractivity contribution in [1.29, 1.82) is 0 Å². The third kappa shape index (κ3) is 9.96. The van der Waals surface area contributed by atoms with Crippen LogP contribution in [0.15, 0.2) is 30.3 Å². The first-order valence-corrected chi connectivity index (χ1v) is 9.60. The number of hydrogen-bond donors (Lipinski definition) is 0. The van der Waals surface area contributed by atoms with E-state index in [4.69, 9.17) is 14.2 Å². The lowest BCUT2D eigenvalue weighted by atomic mass is 9.87. The number of nitrogens with zero attached hydrogens (tertiary/aromatic N) is 1. The topological polar surface area (TPSA) is 82.1 Å². The van der Waals surface area contributed by atoms with Crippen molar-refractivity contribution in [2.75, 3.05) is 13.7 Å². The second kappa shape index (κ2) is 10.3. The van der Waals surface area contributed by atoms with Gasteiger partial charge in [-0.1, -0.05) is 51.1 Å². The lowest BCUT2D eigenvalue weighted by Crippen LogP contribution is -2.47. The maximum Gasteiger partial charge on any atom is 0.410 e. The molecule has 0 heterocycles. The van der Waals surface area contributed by atoms with E-state index in [1.165, 1.54) is 11.9 Å². The summed E-state index contributed by atoms with van der Waals surface area (Å²) in [5, 5.41) is 0. The quantitative estimate of drug-likeness (QED) is 0.503. The van der Waals surface area contributed by atoms with E-state index in [1.807, 2.05) is 51.1 Å². The van der Waals surface area contributed by atoms with Crippen LogP contribution in [0, 0.1) is 5.41 Å². The minimum Gasteiger partial charge on any atom is -0.458 e. The van der Waals surface area contributed by atoms with Gasteiger partial charge in [-0.2, -0.15) is 0 Å². The lowest BCUT2D eigenvalue weighted by Gasteiger charge is -2.32. The summed E-state index contributed by atoms with van der Waals surface area (Å²) in [4.78, 5) is 38.2. The summed E-state index contributed by atoms with van der Waals surface area (Å²) in [6, 6.07) is 8.32. The SMILES string of the molecule is CN(C(=O)OC(C)(C)C)[C@@H](CC(C)(C)C)C(=O)OCC(=O)OCc1ccccc1. The minimum absolute atomic E-state index is 0.0977. The van der Waals surface area contributed by atoms with Gasteiger partial charge in [0.15, 0.2) is 6.61 Å². The third-order valence-corrected chi connectivity index (χ3v) is 3.80. The average Bonchev–Trinajstić information content (AvgIpc) is 2.60. The minimum atomic E-state index is -0.883. The van der Waals surface area contributed by atoms with Crippen LogP contribution < -0.4 is 0 Å². The molecule has 1 atom stereocenters. The van der Waals surface area contributed by atoms with Gasteiger partial charge in [0.05, 0.1) is 0 Å². The van der Waals surface area contributed by atoms with Gasteiger partial charge in [0.1, 0.15) is 18.2 Å². The molecular weight excluding hydrogens is 374 g/mol. The van der Waals surface area contributed by atoms with Crippen LogP contribution in [0.4, 0.5) is 4.79 Å². The van der Waals surface area contributed by atoms with Crippen molar-refractivity contribution in [2.24, 2.45) is 5.41 Å². The Morgan fingerprint density at radius 3 is 2.07 bits per heavy atom. The van der Waals surface area contributed by atoms with Crippen LogP contribution in [0.25, 0.3) is 0 Å². The van der Waals surface area contributed by atoms with Crippen molar-refractivity contribution in [3.05, 3.63) is 35.9 Å². The molecule has 0 N–H and O–H groups in total. The number of carbonyl (C=O) groups excluding carboxylic acids is 3. The smallest absolute Gasteiger partial charge is 0.410 e. The molecule has 0 saturated carbocycles. The van der Waals surface area contributed by atoms with E-state index in [0.717, 1.165) is 5.56 Å². The summed E-state index contributed by atoms with van der Waals surface area (Å²) in [6.07, 6.45) is -0.281. The van der Waals surface area contributed by atoms with Crippen molar-refractivity contribution in [2.45, 2.75) is 66.2 Å². The van der Waals surface area contributed by atoms with Crippen molar-refractivity contribution in [1.82, 2.24) is 4.90 Å². The molecule has 162 valence electrons. The Kier molecular flexibility index (Phi) is 8.67. The molecule has 1 rings (SSSR count). The van der Waals surface area contributed by atoms with Gasteiger partial charge >= 0.3 is 18.0 Å². The molecule has 1 amide bonds. The maximum atomic E-state index is 12.6. The Labute approximate surface area is 173 Å². The molecule has 0 aliphatic rings. The van der Waals surface area contributed by atoms with Crippen molar-refractivity contribution < 1.29 is 28.6 Å². The van der Waals surface area contributed by atoms with E-state index in [9.17, 15) is 14.4 Å². The van der Waals surface area contributed by atoms with Crippen molar-refractivity contribution in [3.63, 3.8) is 0 Å². The number of carbonyl (C=O) groups is 3. The molecule has 0 aliphatic heterocycles. The first-order valence-electron chi connectivity index (χ1n) is 9.60. The maximum absolute atomic E-state index is 12.6. The standard InChI is InChI=1S/C22H33NO6/c1-21(2,3)13-17(23(7)20(26)29-22(4,5)6)19(25)28-15-18(24)27-14-16-11-9-8-10-12-16/h8-12,17H,13-15H2,1-7H3/t17-/m0/s1. The second-order valence-electron chi connectivity index (χ2n) is 9.13. The van der Waals surface area contributed by atoms with Crippen LogP contribution in [0.5, 0.6) is 0 Å². The predicted octanol–water partition coefficient (Wildman–Crippen LogP) is 3.94. The van der Waals surface area contributed by atoms with Gasteiger partial charge in [0.25, 0.3) is 0 Å². The fourth-order valence-corrected chi connectivity index (χ4v) is 2.43. The molecule has 0 aliphatic carbocycles. The predicted molar refractivity (Wildman–Crippen MR) is 109 cm³/mol. The highest BCUT2D eigenvalue weighted by atomic mass is 16.6. The van der Waals surface area contributed by atoms with Gasteiger partial charge in [-0.15, -0.1) is 0 Å². The Bertz CT molecular complexity index is 687. The van der Waals surface area contributed by atoms with Gasteiger partial charge in [-0.3, -0.25) is 4.90 Å². The number of benzene rings is 1. The largest absolute Gasteiger partial charge is 0.458 e. The molecule has 29 heavy (non-hydrogen) atoms. The van der Waals surface area contributed by atoms with E-state index in [2.05, 4.69) is 0 Å². The van der Waals surface area contributed by atoms with Crippen LogP contribution in [-0.4, -0.2) is 48.2 Å². The van der Waals surface area contributed by atoms with Gasteiger partial charge in [0, 0.05) is 7.05 Å². The Balaban J connectivity index is 2.68. The van der Waals surface area contributed by atoms with Gasteiger partial charge in [0.2, 0.25) is 0 Å². The monoisotopic (exact) mass is 407 g/mol. The molecule has 1 aromatic carbocycles. The van der Waals surface area contributed by atoms with Crippen molar-refractivity contribution in [3.8, 4) is 0 Å². The molecule has 0 radical (unpaired) electrons. The van der Waals surface area contributed by atoms with Crippen LogP contribution in [0.2, 0.25) is 0 Å². The molecule has 7 nitrogen and oxygen atoms in total. The Morgan fingerprint density at radius 2 is 1.55 bits per heavy atom. The number of esters is 2. The number of hydrogen-bond acceptors (Lipinski definition) is 6. The summed E-state index contributed by atoms with van der Waals surface area (Å²) in [7, 11) is 1.49. The molecule has 1 aromatic rings. The van der Waals surface area contributed by atoms with E-state index in [1.54, 1.807) is 20.8 Å². The average molecular weight is 408 g/mol. The van der Waals surface area contributed by atoms with E-state index >= 15 is 0 Å². The summed E-state index contributed by atoms with van der Waals surface area (Å²) in [6.45, 7) is 10.7. The molecule has 0 unspecified atom stereocenters. The van der Waals surface area contributed by atoms with Gasteiger partial charge in [-0.05, 0) is 38.2 Å². The fourth-order valence-electron chi connectivity index (χ4n) is 2.43. The van der Waals surface area contributed by atoms with Crippen LogP contribution in [0.1, 0.15) is 53.5 Å². The second-order valence-corrected chi connectivity index (χ2v) is 9.13. The van der Waals surface area contributed by atoms with Crippen LogP contribution in [-0.2, 0) is 30.4 Å². The summed E-state index contributed by atoms with van der Waals surface area (Å²) in [5.74, 6) is -1.33. The van der Waals surface area contributed by atoms with E-state index < -0.39 is 36.3 Å². The summed E-state index contributed by atoms with van der Waals surface area (Å²) >= 11 is 0. The third-order valence-electron chi connectivity index (χ3n) is 3.80. The van der Waals surface area contributed by atoms with Crippen LogP contribution >= 0.6 is 0 Å². The molecule has 7 heteroatoms. The number of amides is 1. The first-order chi connectivity index (χ1) is 13.3. The molecule has 0 spiro atoms. The Hall–Kier alpha value is -2.57. The highest BCUT2D eigenvalue weighted by Crippen LogP contribution is 2.25. The molecule has 0 bridgehead atoms. The van der Waals surface area contributed by atoms with Gasteiger partial charge in [-0.25, -0.2) is 14.4 Å². The number of ether oxygens (including phenoxy) is 3. The van der Waals surface area contributed by atoms with E-state index in [-0.39, 0.29) is 12.0 Å². The number of likely N-dealkylation sites (N-methyl/N-ethyl adjacent to an activating group) is 1. The van der Waals surface area contributed by atoms with Crippen molar-refractivity contribution >= 4 is 18.0 Å². The Morgan fingerprint density at radius 1 is 0.966 bits per heavy atom. The first kappa shape index (κ1) is 24.5. The molecular formula is C22H33NO6. The summed E-state index contributed by atoms with van der Waals surface area (Å²) < 4.78 is 15.6. The zero-order valence-electron chi connectivity index (χ0n) is 18.5. The van der Waals surface area contributed by atoms with Gasteiger partial charge < -0.3 is 14.2 Å². The molecule has 0 aromatic heterocycles. The normalized spacial score (nSPS) is 12.7. The molecule has 0 fully saturated rings. The highest BCUT2D eigenvalue weighted by Gasteiger charge is 2.34. The molecule has 0 saturated heterocycles.